The Labute approximate surface area is 141 Å². The van der Waals surface area contributed by atoms with E-state index in [0.29, 0.717) is 4.70 Å². The van der Waals surface area contributed by atoms with Crippen molar-refractivity contribution in [1.82, 2.24) is 25.1 Å². The van der Waals surface area contributed by atoms with Crippen LogP contribution in [0.5, 0.6) is 0 Å². The zero-order chi connectivity index (χ0) is 16.2. The molecule has 1 saturated heterocycles. The van der Waals surface area contributed by atoms with E-state index < -0.39 is 0 Å². The molecular weight excluding hydrogens is 330 g/mol. The molecule has 0 spiro atoms. The van der Waals surface area contributed by atoms with Crippen LogP contribution in [0.4, 0.5) is 0 Å². The van der Waals surface area contributed by atoms with Crippen LogP contribution >= 0.6 is 23.1 Å². The minimum atomic E-state index is -0.263. The largest absolute Gasteiger partial charge is 0.297 e. The molecule has 1 aliphatic heterocycles. The number of aromatic amines is 1. The number of aryl methyl sites for hydroxylation is 1. The molecule has 1 fully saturated rings. The van der Waals surface area contributed by atoms with Gasteiger partial charge < -0.3 is 0 Å². The van der Waals surface area contributed by atoms with Gasteiger partial charge in [-0.25, -0.2) is 4.98 Å². The summed E-state index contributed by atoms with van der Waals surface area (Å²) >= 11 is 3.30. The molecule has 1 aliphatic rings. The predicted octanol–water partition coefficient (Wildman–Crippen LogP) is 2.20. The number of nitrogens with one attached hydrogen (secondary N) is 2. The first kappa shape index (κ1) is 14.9. The summed E-state index contributed by atoms with van der Waals surface area (Å²) in [5.41, 5.74) is 2.54. The van der Waals surface area contributed by atoms with Gasteiger partial charge in [0.05, 0.1) is 17.3 Å². The lowest BCUT2D eigenvalue weighted by Gasteiger charge is -2.24. The molecule has 0 saturated carbocycles. The van der Waals surface area contributed by atoms with E-state index >= 15 is 0 Å². The van der Waals surface area contributed by atoms with Gasteiger partial charge in [0.1, 0.15) is 10.5 Å². The highest BCUT2D eigenvalue weighted by atomic mass is 32.2. The van der Waals surface area contributed by atoms with Crippen molar-refractivity contribution >= 4 is 33.3 Å². The average Bonchev–Trinajstić information content (AvgIpc) is 3.22. The van der Waals surface area contributed by atoms with Gasteiger partial charge in [0, 0.05) is 34.8 Å². The number of hydrogen-bond donors (Lipinski definition) is 2. The molecule has 8 heteroatoms. The van der Waals surface area contributed by atoms with Crippen molar-refractivity contribution in [3.63, 3.8) is 0 Å². The molecule has 3 aromatic rings. The number of H-pyrrole nitrogens is 1. The Morgan fingerprint density at radius 3 is 2.91 bits per heavy atom. The highest BCUT2D eigenvalue weighted by molar-refractivity contribution is 7.99. The van der Waals surface area contributed by atoms with Gasteiger partial charge in [-0.05, 0) is 19.9 Å². The summed E-state index contributed by atoms with van der Waals surface area (Å²) in [4.78, 5) is 18.6. The molecule has 0 aromatic carbocycles. The van der Waals surface area contributed by atoms with E-state index in [1.54, 1.807) is 10.8 Å². The summed E-state index contributed by atoms with van der Waals surface area (Å²) in [6.45, 7) is 4.08. The highest BCUT2D eigenvalue weighted by Crippen LogP contribution is 2.34. The molecule has 1 atom stereocenters. The molecule has 120 valence electrons. The van der Waals surface area contributed by atoms with E-state index in [0.717, 1.165) is 39.1 Å². The summed E-state index contributed by atoms with van der Waals surface area (Å²) < 4.78 is 2.38. The van der Waals surface area contributed by atoms with Gasteiger partial charge in [-0.1, -0.05) is 0 Å². The molecule has 23 heavy (non-hydrogen) atoms. The Morgan fingerprint density at radius 2 is 2.26 bits per heavy atom. The first-order chi connectivity index (χ1) is 11.0. The number of aromatic nitrogens is 4. The average molecular weight is 347 g/mol. The van der Waals surface area contributed by atoms with Crippen LogP contribution in [0.2, 0.25) is 0 Å². The topological polar surface area (TPSA) is 75.6 Å². The van der Waals surface area contributed by atoms with E-state index in [2.05, 4.69) is 22.4 Å². The predicted molar refractivity (Wildman–Crippen MR) is 95.0 cm³/mol. The van der Waals surface area contributed by atoms with Crippen molar-refractivity contribution in [3.8, 4) is 10.4 Å². The van der Waals surface area contributed by atoms with Crippen molar-refractivity contribution < 1.29 is 0 Å². The van der Waals surface area contributed by atoms with Gasteiger partial charge in [-0.3, -0.25) is 19.8 Å². The monoisotopic (exact) mass is 347 g/mol. The molecule has 0 bridgehead atoms. The summed E-state index contributed by atoms with van der Waals surface area (Å²) in [6.07, 6.45) is 1.79. The summed E-state index contributed by atoms with van der Waals surface area (Å²) in [6, 6.07) is 1.99. The lowest BCUT2D eigenvalue weighted by molar-refractivity contribution is 0.417. The van der Waals surface area contributed by atoms with E-state index in [4.69, 9.17) is 4.98 Å². The first-order valence-corrected chi connectivity index (χ1v) is 9.31. The number of rotatable bonds is 2. The van der Waals surface area contributed by atoms with Gasteiger partial charge in [-0.15, -0.1) is 23.1 Å². The molecule has 6 nitrogen and oxygen atoms in total. The molecule has 3 aromatic heterocycles. The molecule has 2 N–H and O–H groups in total. The normalized spacial score (nSPS) is 21.3. The maximum Gasteiger partial charge on any atom is 0.271 e. The van der Waals surface area contributed by atoms with E-state index in [1.165, 1.54) is 11.3 Å². The fraction of sp³-hybridized carbons (Fsp3) is 0.400. The van der Waals surface area contributed by atoms with Gasteiger partial charge in [0.25, 0.3) is 5.56 Å². The summed E-state index contributed by atoms with van der Waals surface area (Å²) in [7, 11) is 1.81. The third kappa shape index (κ3) is 2.24. The number of nitrogens with zero attached hydrogens (tertiary/aromatic N) is 3. The van der Waals surface area contributed by atoms with Crippen molar-refractivity contribution in [2.45, 2.75) is 19.4 Å². The van der Waals surface area contributed by atoms with Gasteiger partial charge in [0.15, 0.2) is 0 Å². The van der Waals surface area contributed by atoms with E-state index in [1.807, 2.05) is 31.8 Å². The highest BCUT2D eigenvalue weighted by Gasteiger charge is 2.35. The van der Waals surface area contributed by atoms with Crippen molar-refractivity contribution in [1.29, 1.82) is 0 Å². The molecule has 4 rings (SSSR count). The van der Waals surface area contributed by atoms with Crippen LogP contribution < -0.4 is 10.9 Å². The third-order valence-electron chi connectivity index (χ3n) is 4.30. The Hall–Kier alpha value is -1.64. The standard InChI is InChI=1S/C15H17N5OS2/c1-8-9(5-17-19-8)11-4-10-12(23-11)13(21)20(3)14(18-10)15(2)6-22-7-16-15/h4-5,16H,6-7H2,1-3H3,(H,17,19)/t15-/m0/s1. The quantitative estimate of drug-likeness (QED) is 0.743. The summed E-state index contributed by atoms with van der Waals surface area (Å²) in [5, 5.41) is 10.5. The van der Waals surface area contributed by atoms with Gasteiger partial charge >= 0.3 is 0 Å². The van der Waals surface area contributed by atoms with Crippen LogP contribution in [-0.4, -0.2) is 31.4 Å². The van der Waals surface area contributed by atoms with Crippen LogP contribution in [-0.2, 0) is 12.6 Å². The Kier molecular flexibility index (Phi) is 3.36. The zero-order valence-electron chi connectivity index (χ0n) is 13.1. The number of thiophene rings is 1. The molecular formula is C15H17N5OS2. The Morgan fingerprint density at radius 1 is 1.43 bits per heavy atom. The van der Waals surface area contributed by atoms with Crippen LogP contribution in [0.15, 0.2) is 17.1 Å². The minimum Gasteiger partial charge on any atom is -0.297 e. The summed E-state index contributed by atoms with van der Waals surface area (Å²) in [5.74, 6) is 2.60. The zero-order valence-corrected chi connectivity index (χ0v) is 14.8. The second kappa shape index (κ2) is 5.19. The maximum atomic E-state index is 12.8. The van der Waals surface area contributed by atoms with Crippen molar-refractivity contribution in [2.24, 2.45) is 7.05 Å². The maximum absolute atomic E-state index is 12.8. The van der Waals surface area contributed by atoms with E-state index in [9.17, 15) is 4.79 Å². The smallest absolute Gasteiger partial charge is 0.271 e. The fourth-order valence-corrected chi connectivity index (χ4v) is 5.24. The molecule has 4 heterocycles. The second-order valence-corrected chi connectivity index (χ2v) is 8.07. The van der Waals surface area contributed by atoms with Crippen molar-refractivity contribution in [3.05, 3.63) is 34.1 Å². The fourth-order valence-electron chi connectivity index (χ4n) is 2.94. The molecule has 0 amide bonds. The molecule has 0 unspecified atom stereocenters. The minimum absolute atomic E-state index is 0.0160. The Balaban J connectivity index is 1.94. The van der Waals surface area contributed by atoms with Gasteiger partial charge in [0.2, 0.25) is 0 Å². The number of hydrogen-bond acceptors (Lipinski definition) is 6. The lowest BCUT2D eigenvalue weighted by atomic mass is 10.0. The molecule has 0 radical (unpaired) electrons. The van der Waals surface area contributed by atoms with E-state index in [-0.39, 0.29) is 11.1 Å². The van der Waals surface area contributed by atoms with Crippen LogP contribution in [0.25, 0.3) is 20.7 Å². The second-order valence-electron chi connectivity index (χ2n) is 6.03. The lowest BCUT2D eigenvalue weighted by Crippen LogP contribution is -2.41. The Bertz CT molecular complexity index is 949. The first-order valence-electron chi connectivity index (χ1n) is 7.34. The van der Waals surface area contributed by atoms with Gasteiger partial charge in [-0.2, -0.15) is 5.10 Å². The van der Waals surface area contributed by atoms with Crippen LogP contribution in [0, 0.1) is 6.92 Å². The number of thioether (sulfide) groups is 1. The SMILES string of the molecule is Cc1[nH]ncc1-c1cc2nc([C@]3(C)CSCN3)n(C)c(=O)c2s1. The molecule has 0 aliphatic carbocycles. The van der Waals surface area contributed by atoms with Crippen LogP contribution in [0.1, 0.15) is 18.4 Å². The third-order valence-corrected chi connectivity index (χ3v) is 6.57. The number of fused-ring (bicyclic) bond motifs is 1. The van der Waals surface area contributed by atoms with Crippen molar-refractivity contribution in [2.75, 3.05) is 11.6 Å². The van der Waals surface area contributed by atoms with Crippen LogP contribution in [0.3, 0.4) is 0 Å².